The average Bonchev–Trinajstić information content (AvgIpc) is 3.13. The van der Waals surface area contributed by atoms with Gasteiger partial charge in [0.2, 0.25) is 5.56 Å². The van der Waals surface area contributed by atoms with E-state index in [4.69, 9.17) is 6.48 Å². The number of benzene rings is 3. The molecule has 0 radical (unpaired) electrons. The highest BCUT2D eigenvalue weighted by atomic mass is 19.1. The van der Waals surface area contributed by atoms with E-state index < -0.39 is 18.9 Å². The van der Waals surface area contributed by atoms with Crippen LogP contribution in [0.5, 0.6) is 0 Å². The molecule has 0 atom stereocenters. The first-order chi connectivity index (χ1) is 23.7. The van der Waals surface area contributed by atoms with Crippen molar-refractivity contribution >= 4 is 11.9 Å². The van der Waals surface area contributed by atoms with Gasteiger partial charge in [-0.2, -0.15) is 0 Å². The van der Waals surface area contributed by atoms with Crippen molar-refractivity contribution in [3.63, 3.8) is 0 Å². The number of amides is 1. The molecule has 12 heteroatoms. The second-order valence-electron chi connectivity index (χ2n) is 10.0. The van der Waals surface area contributed by atoms with E-state index in [9.17, 15) is 23.2 Å². The molecule has 0 aliphatic carbocycles. The minimum absolute atomic E-state index is 0.159. The number of carbonyl (C=O) groups is 2. The van der Waals surface area contributed by atoms with E-state index in [-0.39, 0.29) is 23.6 Å². The summed E-state index contributed by atoms with van der Waals surface area (Å²) in [4.78, 5) is 50.9. The van der Waals surface area contributed by atoms with E-state index in [1.165, 1.54) is 16.7 Å². The first-order valence-electron chi connectivity index (χ1n) is 15.0. The molecule has 6 rings (SSSR count). The Morgan fingerprint density at radius 3 is 1.83 bits per heavy atom. The monoisotopic (exact) mass is 649 g/mol. The third-order valence-corrected chi connectivity index (χ3v) is 6.88. The minimum Gasteiger partial charge on any atom is -0.478 e. The van der Waals surface area contributed by atoms with Gasteiger partial charge in [-0.05, 0) is 42.0 Å². The lowest BCUT2D eigenvalue weighted by molar-refractivity contribution is 0.0696. The topological polar surface area (TPSA) is 140 Å². The number of pyridine rings is 1. The summed E-state index contributed by atoms with van der Waals surface area (Å²) in [7, 11) is 0.618. The van der Waals surface area contributed by atoms with Crippen LogP contribution in [0.15, 0.2) is 127 Å². The quantitative estimate of drug-likeness (QED) is 0.215. The van der Waals surface area contributed by atoms with Crippen LogP contribution >= 0.6 is 0 Å². The number of hydrogen-bond donors (Lipinski definition) is 2. The van der Waals surface area contributed by atoms with Crippen LogP contribution in [0.3, 0.4) is 0 Å². The molecule has 0 spiro atoms. The molecule has 2 N–H and O–H groups in total. The number of aryl methyl sites for hydroxylation is 1. The number of aromatic nitrogens is 5. The summed E-state index contributed by atoms with van der Waals surface area (Å²) in [5.41, 5.74) is 5.41. The van der Waals surface area contributed by atoms with Crippen LogP contribution in [0.4, 0.5) is 8.78 Å². The molecule has 0 saturated heterocycles. The number of alkyl halides is 1. The van der Waals surface area contributed by atoms with Crippen molar-refractivity contribution < 1.29 is 24.8 Å². The van der Waals surface area contributed by atoms with Crippen LogP contribution in [0, 0.1) is 5.82 Å². The summed E-state index contributed by atoms with van der Waals surface area (Å²) < 4.78 is 31.5. The molecule has 1 amide bonds. The van der Waals surface area contributed by atoms with Gasteiger partial charge in [-0.1, -0.05) is 36.4 Å². The number of nitrogens with zero attached hydrogens (tertiary/aromatic N) is 5. The van der Waals surface area contributed by atoms with E-state index in [0.29, 0.717) is 22.3 Å². The van der Waals surface area contributed by atoms with Crippen molar-refractivity contribution in [2.24, 2.45) is 7.05 Å². The van der Waals surface area contributed by atoms with Gasteiger partial charge in [-0.25, -0.2) is 9.18 Å². The zero-order valence-corrected chi connectivity index (χ0v) is 25.6. The van der Waals surface area contributed by atoms with Gasteiger partial charge in [0.05, 0.1) is 37.9 Å². The number of aromatic carboxylic acids is 1. The zero-order valence-electron chi connectivity index (χ0n) is 26.6. The van der Waals surface area contributed by atoms with Crippen LogP contribution in [-0.4, -0.2) is 48.6 Å². The van der Waals surface area contributed by atoms with Gasteiger partial charge in [-0.15, -0.1) is 0 Å². The van der Waals surface area contributed by atoms with Gasteiger partial charge in [0, 0.05) is 78.5 Å². The maximum Gasteiger partial charge on any atom is 0.335 e. The lowest BCUT2D eigenvalue weighted by Crippen LogP contribution is -2.22. The van der Waals surface area contributed by atoms with Crippen molar-refractivity contribution in [1.82, 2.24) is 29.8 Å². The Morgan fingerprint density at radius 2 is 1.35 bits per heavy atom. The lowest BCUT2D eigenvalue weighted by Gasteiger charge is -2.09. The number of carbonyl (C=O) groups excluding carboxylic acids is 1. The van der Waals surface area contributed by atoms with Crippen LogP contribution < -0.4 is 10.9 Å². The van der Waals surface area contributed by atoms with Crippen molar-refractivity contribution in [2.75, 3.05) is 7.15 Å². The van der Waals surface area contributed by atoms with Crippen molar-refractivity contribution in [1.29, 1.82) is 0 Å². The maximum absolute atomic E-state index is 14.6. The van der Waals surface area contributed by atoms with Gasteiger partial charge in [0.25, 0.3) is 5.91 Å². The number of rotatable bonds is 7. The third kappa shape index (κ3) is 9.07. The number of carboxylic acid groups (broad SMARTS) is 1. The molecule has 3 heterocycles. The molecule has 0 bridgehead atoms. The van der Waals surface area contributed by atoms with E-state index >= 15 is 0 Å². The summed E-state index contributed by atoms with van der Waals surface area (Å²) in [6.45, 7) is 0.190. The van der Waals surface area contributed by atoms with E-state index in [0.717, 1.165) is 22.5 Å². The SMILES string of the molecule is Cn1cc(-c2ccc(CNC(=O)c3ccc(-c4cnccn4)cc3)cc2F)ccc1=O.O=C(O)c1ccc(-c2cnccn2)cc1.[2H]CF. The van der Waals surface area contributed by atoms with Crippen LogP contribution in [-0.2, 0) is 13.6 Å². The standard InChI is InChI=1S/C24H19FN4O2.C11H8N2O2.CH3F/c1-29-15-19(7-9-23(29)30)20-8-2-16(12-21(20)25)13-28-24(31)18-5-3-17(4-6-18)22-14-26-10-11-27-22;14-11(15)9-3-1-8(2-4-9)10-7-12-5-6-13-10;1-2/h2-12,14-15H,13H2,1H3,(H,28,31);1-7H,(H,14,15);1H3/i;;1D. The van der Waals surface area contributed by atoms with Gasteiger partial charge in [0.1, 0.15) is 5.82 Å². The van der Waals surface area contributed by atoms with E-state index in [1.54, 1.807) is 117 Å². The normalized spacial score (nSPS) is 10.4. The van der Waals surface area contributed by atoms with Gasteiger partial charge in [-0.3, -0.25) is 33.9 Å². The summed E-state index contributed by atoms with van der Waals surface area (Å²) in [6, 6.07) is 21.3. The molecule has 0 fully saturated rings. The maximum atomic E-state index is 14.6. The number of hydrogen-bond acceptors (Lipinski definition) is 7. The van der Waals surface area contributed by atoms with Crippen LogP contribution in [0.2, 0.25) is 0 Å². The highest BCUT2D eigenvalue weighted by molar-refractivity contribution is 5.94. The smallest absolute Gasteiger partial charge is 0.335 e. The molecule has 6 aromatic rings. The Morgan fingerprint density at radius 1 is 0.812 bits per heavy atom. The second kappa shape index (κ2) is 16.8. The second-order valence-corrected chi connectivity index (χ2v) is 10.0. The molecule has 0 aliphatic heterocycles. The Bertz CT molecular complexity index is 2050. The largest absolute Gasteiger partial charge is 0.478 e. The Kier molecular flexibility index (Phi) is 11.5. The summed E-state index contributed by atoms with van der Waals surface area (Å²) in [5, 5.41) is 11.5. The van der Waals surface area contributed by atoms with Gasteiger partial charge in [0.15, 0.2) is 0 Å². The van der Waals surface area contributed by atoms with Crippen molar-refractivity contribution in [3.8, 4) is 33.6 Å². The lowest BCUT2D eigenvalue weighted by atomic mass is 10.0. The number of halogens is 2. The number of nitrogens with one attached hydrogen (secondary N) is 1. The summed E-state index contributed by atoms with van der Waals surface area (Å²) in [6.07, 6.45) is 11.3. The fourth-order valence-corrected chi connectivity index (χ4v) is 4.41. The fourth-order valence-electron chi connectivity index (χ4n) is 4.41. The average molecular weight is 650 g/mol. The Hall–Kier alpha value is -6.43. The van der Waals surface area contributed by atoms with Crippen molar-refractivity contribution in [2.45, 2.75) is 6.54 Å². The summed E-state index contributed by atoms with van der Waals surface area (Å²) >= 11 is 0. The molecule has 0 unspecified atom stereocenters. The molecule has 0 saturated carbocycles. The van der Waals surface area contributed by atoms with Crippen molar-refractivity contribution in [3.05, 3.63) is 155 Å². The number of carboxylic acids is 1. The molecule has 48 heavy (non-hydrogen) atoms. The molecule has 10 nitrogen and oxygen atoms in total. The molecular formula is C36H30F2N6O4. The molecule has 0 aliphatic rings. The van der Waals surface area contributed by atoms with E-state index in [2.05, 4.69) is 25.3 Å². The molecule has 242 valence electrons. The van der Waals surface area contributed by atoms with Gasteiger partial charge < -0.3 is 15.0 Å². The van der Waals surface area contributed by atoms with E-state index in [1.807, 2.05) is 0 Å². The third-order valence-electron chi connectivity index (χ3n) is 6.88. The molecular weight excluding hydrogens is 618 g/mol. The highest BCUT2D eigenvalue weighted by Gasteiger charge is 2.10. The summed E-state index contributed by atoms with van der Waals surface area (Å²) in [5.74, 6) is -1.60. The Labute approximate surface area is 275 Å². The molecule has 3 aromatic carbocycles. The van der Waals surface area contributed by atoms with Crippen LogP contribution in [0.25, 0.3) is 33.6 Å². The predicted octanol–water partition coefficient (Wildman–Crippen LogP) is 6.01. The first kappa shape index (κ1) is 32.9. The van der Waals surface area contributed by atoms with Gasteiger partial charge >= 0.3 is 5.97 Å². The molecule has 3 aromatic heterocycles. The van der Waals surface area contributed by atoms with Crippen LogP contribution in [0.1, 0.15) is 27.7 Å². The minimum atomic E-state index is -1.00. The first-order valence-corrected chi connectivity index (χ1v) is 14.2. The Balaban J connectivity index is 0.000000250. The zero-order chi connectivity index (χ0) is 35.2. The highest BCUT2D eigenvalue weighted by Crippen LogP contribution is 2.23. The predicted molar refractivity (Wildman–Crippen MR) is 177 cm³/mol. The fraction of sp³-hybridized carbons (Fsp3) is 0.0833.